The van der Waals surface area contributed by atoms with Crippen LogP contribution in [0.15, 0.2) is 64.9 Å². The van der Waals surface area contributed by atoms with E-state index in [4.69, 9.17) is 16.3 Å². The number of anilines is 1. The largest absolute Gasteiger partial charge is 0.465 e. The topological polar surface area (TPSA) is 92.8 Å². The molecule has 10 heteroatoms. The minimum atomic E-state index is -4.25. The predicted octanol–water partition coefficient (Wildman–Crippen LogP) is 4.01. The summed E-state index contributed by atoms with van der Waals surface area (Å²) in [6.07, 6.45) is 0. The Hall–Kier alpha value is -2.88. The standard InChI is InChI=1S/C22H21ClN2O5S2/c1-15-3-5-16(6-4-15)13-24-20(26)14-25(18-9-7-17(23)8-10-18)32(28,29)19-11-12-31-21(19)22(27)30-2/h3-12H,13-14H2,1-2H3,(H,24,26). The molecule has 1 aromatic heterocycles. The number of aryl methyl sites for hydroxylation is 1. The summed E-state index contributed by atoms with van der Waals surface area (Å²) >= 11 is 6.89. The van der Waals surface area contributed by atoms with Crippen LogP contribution in [0, 0.1) is 6.92 Å². The Morgan fingerprint density at radius 1 is 1.06 bits per heavy atom. The van der Waals surface area contributed by atoms with Gasteiger partial charge in [0.25, 0.3) is 10.0 Å². The van der Waals surface area contributed by atoms with E-state index in [0.29, 0.717) is 5.02 Å². The summed E-state index contributed by atoms with van der Waals surface area (Å²) in [6, 6.07) is 15.0. The Kier molecular flexibility index (Phi) is 7.55. The number of ether oxygens (including phenoxy) is 1. The van der Waals surface area contributed by atoms with E-state index >= 15 is 0 Å². The summed E-state index contributed by atoms with van der Waals surface area (Å²) in [7, 11) is -3.08. The number of amides is 1. The van der Waals surface area contributed by atoms with Gasteiger partial charge in [0.1, 0.15) is 16.3 Å². The van der Waals surface area contributed by atoms with Crippen LogP contribution in [0.1, 0.15) is 20.8 Å². The molecule has 0 bridgehead atoms. The molecule has 3 rings (SSSR count). The molecule has 0 saturated carbocycles. The molecule has 0 aliphatic rings. The lowest BCUT2D eigenvalue weighted by Gasteiger charge is -2.24. The van der Waals surface area contributed by atoms with Crippen LogP contribution in [0.4, 0.5) is 5.69 Å². The van der Waals surface area contributed by atoms with Crippen LogP contribution < -0.4 is 9.62 Å². The first-order valence-corrected chi connectivity index (χ1v) is 12.2. The predicted molar refractivity (Wildman–Crippen MR) is 125 cm³/mol. The molecule has 1 heterocycles. The molecule has 1 N–H and O–H groups in total. The summed E-state index contributed by atoms with van der Waals surface area (Å²) in [5.41, 5.74) is 2.22. The van der Waals surface area contributed by atoms with Crippen molar-refractivity contribution >= 4 is 50.5 Å². The summed E-state index contributed by atoms with van der Waals surface area (Å²) in [5, 5.41) is 4.64. The van der Waals surface area contributed by atoms with E-state index < -0.39 is 28.4 Å². The van der Waals surface area contributed by atoms with Gasteiger partial charge < -0.3 is 10.1 Å². The highest BCUT2D eigenvalue weighted by atomic mass is 35.5. The Morgan fingerprint density at radius 2 is 1.72 bits per heavy atom. The molecule has 0 radical (unpaired) electrons. The van der Waals surface area contributed by atoms with Gasteiger partial charge in [0, 0.05) is 11.6 Å². The van der Waals surface area contributed by atoms with Crippen molar-refractivity contribution in [1.82, 2.24) is 5.32 Å². The molecule has 32 heavy (non-hydrogen) atoms. The highest BCUT2D eigenvalue weighted by Gasteiger charge is 2.32. The van der Waals surface area contributed by atoms with Crippen molar-refractivity contribution in [3.8, 4) is 0 Å². The third-order valence-corrected chi connectivity index (χ3v) is 7.67. The van der Waals surface area contributed by atoms with Crippen LogP contribution in [0.2, 0.25) is 5.02 Å². The SMILES string of the molecule is COC(=O)c1sccc1S(=O)(=O)N(CC(=O)NCc1ccc(C)cc1)c1ccc(Cl)cc1. The van der Waals surface area contributed by atoms with E-state index in [9.17, 15) is 18.0 Å². The Morgan fingerprint density at radius 3 is 2.34 bits per heavy atom. The quantitative estimate of drug-likeness (QED) is 0.479. The second-order valence-electron chi connectivity index (χ2n) is 6.86. The zero-order valence-electron chi connectivity index (χ0n) is 17.4. The van der Waals surface area contributed by atoms with Crippen molar-refractivity contribution in [2.45, 2.75) is 18.4 Å². The van der Waals surface area contributed by atoms with Crippen molar-refractivity contribution in [3.05, 3.63) is 81.0 Å². The van der Waals surface area contributed by atoms with Gasteiger partial charge in [0.05, 0.1) is 12.8 Å². The smallest absolute Gasteiger partial charge is 0.349 e. The van der Waals surface area contributed by atoms with Gasteiger partial charge in [-0.1, -0.05) is 41.4 Å². The molecule has 0 atom stereocenters. The molecule has 0 unspecified atom stereocenters. The number of methoxy groups -OCH3 is 1. The van der Waals surface area contributed by atoms with E-state index in [-0.39, 0.29) is 22.0 Å². The lowest BCUT2D eigenvalue weighted by Crippen LogP contribution is -2.41. The lowest BCUT2D eigenvalue weighted by atomic mass is 10.1. The van der Waals surface area contributed by atoms with Crippen LogP contribution in [0.25, 0.3) is 0 Å². The zero-order chi connectivity index (χ0) is 23.3. The number of carbonyl (C=O) groups excluding carboxylic acids is 2. The van der Waals surface area contributed by atoms with Crippen LogP contribution in [-0.4, -0.2) is 33.9 Å². The summed E-state index contributed by atoms with van der Waals surface area (Å²) in [5.74, 6) is -1.27. The Labute approximate surface area is 195 Å². The van der Waals surface area contributed by atoms with Gasteiger partial charge in [0.15, 0.2) is 0 Å². The summed E-state index contributed by atoms with van der Waals surface area (Å²) in [4.78, 5) is 24.5. The van der Waals surface area contributed by atoms with Gasteiger partial charge in [-0.25, -0.2) is 13.2 Å². The average molecular weight is 493 g/mol. The minimum absolute atomic E-state index is 0.0634. The fourth-order valence-electron chi connectivity index (χ4n) is 2.88. The first kappa shape index (κ1) is 23.8. The zero-order valence-corrected chi connectivity index (χ0v) is 19.8. The van der Waals surface area contributed by atoms with Crippen LogP contribution in [0.3, 0.4) is 0 Å². The highest BCUT2D eigenvalue weighted by molar-refractivity contribution is 7.93. The molecule has 0 fully saturated rings. The maximum atomic E-state index is 13.5. The van der Waals surface area contributed by atoms with Gasteiger partial charge in [-0.3, -0.25) is 9.10 Å². The average Bonchev–Trinajstić information content (AvgIpc) is 3.28. The van der Waals surface area contributed by atoms with E-state index in [2.05, 4.69) is 5.32 Å². The Balaban J connectivity index is 1.89. The van der Waals surface area contributed by atoms with Gasteiger partial charge in [-0.2, -0.15) is 0 Å². The second-order valence-corrected chi connectivity index (χ2v) is 10.0. The van der Waals surface area contributed by atoms with Crippen LogP contribution in [-0.2, 0) is 26.1 Å². The molecule has 0 spiro atoms. The molecule has 3 aromatic rings. The number of thiophene rings is 1. The third kappa shape index (κ3) is 5.48. The lowest BCUT2D eigenvalue weighted by molar-refractivity contribution is -0.119. The van der Waals surface area contributed by atoms with Crippen molar-refractivity contribution in [2.24, 2.45) is 0 Å². The number of nitrogens with one attached hydrogen (secondary N) is 1. The monoisotopic (exact) mass is 492 g/mol. The number of hydrogen-bond donors (Lipinski definition) is 1. The van der Waals surface area contributed by atoms with Crippen molar-refractivity contribution in [3.63, 3.8) is 0 Å². The molecule has 7 nitrogen and oxygen atoms in total. The van der Waals surface area contributed by atoms with Crippen LogP contribution in [0.5, 0.6) is 0 Å². The van der Waals surface area contributed by atoms with E-state index in [1.807, 2.05) is 31.2 Å². The molecular formula is C22H21ClN2O5S2. The van der Waals surface area contributed by atoms with Crippen molar-refractivity contribution in [2.75, 3.05) is 18.0 Å². The van der Waals surface area contributed by atoms with E-state index in [0.717, 1.165) is 26.8 Å². The van der Waals surface area contributed by atoms with E-state index in [1.165, 1.54) is 42.8 Å². The molecule has 0 aliphatic carbocycles. The van der Waals surface area contributed by atoms with E-state index in [1.54, 1.807) is 0 Å². The molecule has 2 aromatic carbocycles. The number of halogens is 1. The molecule has 168 valence electrons. The first-order valence-electron chi connectivity index (χ1n) is 9.48. The number of sulfonamides is 1. The van der Waals surface area contributed by atoms with Crippen LogP contribution >= 0.6 is 22.9 Å². The maximum Gasteiger partial charge on any atom is 0.349 e. The number of carbonyl (C=O) groups is 2. The fourth-order valence-corrected chi connectivity index (χ4v) is 5.73. The highest BCUT2D eigenvalue weighted by Crippen LogP contribution is 2.30. The molecule has 0 saturated heterocycles. The number of rotatable bonds is 8. The number of hydrogen-bond acceptors (Lipinski definition) is 6. The minimum Gasteiger partial charge on any atom is -0.465 e. The fraction of sp³-hybridized carbons (Fsp3) is 0.182. The van der Waals surface area contributed by atoms with Gasteiger partial charge in [0.2, 0.25) is 5.91 Å². The first-order chi connectivity index (χ1) is 15.2. The number of benzene rings is 2. The van der Waals surface area contributed by atoms with Crippen molar-refractivity contribution in [1.29, 1.82) is 0 Å². The van der Waals surface area contributed by atoms with Gasteiger partial charge in [-0.05, 0) is 48.2 Å². The molecular weight excluding hydrogens is 472 g/mol. The Bertz CT molecular complexity index is 1210. The third-order valence-electron chi connectivity index (χ3n) is 4.58. The molecule has 0 aliphatic heterocycles. The molecule has 1 amide bonds. The van der Waals surface area contributed by atoms with Gasteiger partial charge >= 0.3 is 5.97 Å². The number of nitrogens with zero attached hydrogens (tertiary/aromatic N) is 1. The maximum absolute atomic E-state index is 13.5. The van der Waals surface area contributed by atoms with Gasteiger partial charge in [-0.15, -0.1) is 11.3 Å². The van der Waals surface area contributed by atoms with Crippen molar-refractivity contribution < 1.29 is 22.7 Å². The normalized spacial score (nSPS) is 11.1. The number of esters is 1. The second kappa shape index (κ2) is 10.2. The summed E-state index contributed by atoms with van der Waals surface area (Å²) < 4.78 is 32.6. The summed E-state index contributed by atoms with van der Waals surface area (Å²) in [6.45, 7) is 1.73.